The second-order valence-electron chi connectivity index (χ2n) is 3.85. The maximum Gasteiger partial charge on any atom is 0.165 e. The normalized spacial score (nSPS) is 11.6. The first-order chi connectivity index (χ1) is 7.02. The SMILES string of the molecule is Cc1nc2c(F)c(Br)ccc2n1C(C)C. The molecule has 0 spiro atoms. The Balaban J connectivity index is 2.85. The Kier molecular flexibility index (Phi) is 2.54. The van der Waals surface area contributed by atoms with Crippen LogP contribution in [0.25, 0.3) is 11.0 Å². The average Bonchev–Trinajstić information content (AvgIpc) is 2.49. The highest BCUT2D eigenvalue weighted by Gasteiger charge is 2.14. The van der Waals surface area contributed by atoms with Gasteiger partial charge in [0.15, 0.2) is 5.82 Å². The summed E-state index contributed by atoms with van der Waals surface area (Å²) in [5.41, 5.74) is 1.29. The molecule has 0 unspecified atom stereocenters. The summed E-state index contributed by atoms with van der Waals surface area (Å²) in [6.07, 6.45) is 0. The molecule has 0 aliphatic heterocycles. The van der Waals surface area contributed by atoms with Crippen LogP contribution in [0.1, 0.15) is 25.7 Å². The number of imidazole rings is 1. The fourth-order valence-electron chi connectivity index (χ4n) is 1.87. The minimum absolute atomic E-state index is 0.282. The number of hydrogen-bond donors (Lipinski definition) is 0. The highest BCUT2D eigenvalue weighted by Crippen LogP contribution is 2.27. The Morgan fingerprint density at radius 3 is 2.67 bits per heavy atom. The zero-order valence-electron chi connectivity index (χ0n) is 8.88. The summed E-state index contributed by atoms with van der Waals surface area (Å²) in [4.78, 5) is 4.25. The molecule has 0 aliphatic carbocycles. The first-order valence-corrected chi connectivity index (χ1v) is 5.64. The molecule has 80 valence electrons. The Bertz CT molecular complexity index is 517. The molecule has 0 aliphatic rings. The van der Waals surface area contributed by atoms with Gasteiger partial charge in [-0.25, -0.2) is 9.37 Å². The second-order valence-corrected chi connectivity index (χ2v) is 4.71. The predicted octanol–water partition coefficient (Wildman–Crippen LogP) is 3.83. The van der Waals surface area contributed by atoms with Crippen molar-refractivity contribution < 1.29 is 4.39 Å². The third-order valence-corrected chi connectivity index (χ3v) is 3.06. The summed E-state index contributed by atoms with van der Waals surface area (Å²) < 4.78 is 16.2. The van der Waals surface area contributed by atoms with Gasteiger partial charge >= 0.3 is 0 Å². The molecule has 0 radical (unpaired) electrons. The molecule has 2 aromatic rings. The fraction of sp³-hybridized carbons (Fsp3) is 0.364. The summed E-state index contributed by atoms with van der Waals surface area (Å²) in [6.45, 7) is 6.02. The number of fused-ring (bicyclic) bond motifs is 1. The van der Waals surface area contributed by atoms with Crippen LogP contribution in [0, 0.1) is 12.7 Å². The summed E-state index contributed by atoms with van der Waals surface area (Å²) in [6, 6.07) is 3.90. The number of hydrogen-bond acceptors (Lipinski definition) is 1. The van der Waals surface area contributed by atoms with Crippen LogP contribution in [-0.2, 0) is 0 Å². The predicted molar refractivity (Wildman–Crippen MR) is 62.5 cm³/mol. The van der Waals surface area contributed by atoms with E-state index in [1.54, 1.807) is 6.07 Å². The van der Waals surface area contributed by atoms with E-state index in [0.717, 1.165) is 11.3 Å². The fourth-order valence-corrected chi connectivity index (χ4v) is 2.19. The molecule has 2 nitrogen and oxygen atoms in total. The van der Waals surface area contributed by atoms with E-state index in [0.29, 0.717) is 9.99 Å². The number of benzene rings is 1. The van der Waals surface area contributed by atoms with Crippen molar-refractivity contribution in [3.05, 3.63) is 28.2 Å². The van der Waals surface area contributed by atoms with Crippen molar-refractivity contribution in [1.29, 1.82) is 0 Å². The Labute approximate surface area is 96.2 Å². The lowest BCUT2D eigenvalue weighted by Gasteiger charge is -2.10. The molecule has 1 aromatic carbocycles. The van der Waals surface area contributed by atoms with Crippen LogP contribution in [0.5, 0.6) is 0 Å². The van der Waals surface area contributed by atoms with Gasteiger partial charge in [0.2, 0.25) is 0 Å². The average molecular weight is 271 g/mol. The standard InChI is InChI=1S/C11H12BrFN2/c1-6(2)15-7(3)14-11-9(15)5-4-8(12)10(11)13/h4-6H,1-3H3. The smallest absolute Gasteiger partial charge is 0.165 e. The summed E-state index contributed by atoms with van der Waals surface area (Å²) in [5, 5.41) is 0. The van der Waals surface area contributed by atoms with E-state index in [2.05, 4.69) is 34.8 Å². The van der Waals surface area contributed by atoms with E-state index in [1.807, 2.05) is 17.6 Å². The number of halogens is 2. The molecule has 15 heavy (non-hydrogen) atoms. The van der Waals surface area contributed by atoms with E-state index in [4.69, 9.17) is 0 Å². The van der Waals surface area contributed by atoms with Crippen molar-refractivity contribution in [2.45, 2.75) is 26.8 Å². The van der Waals surface area contributed by atoms with E-state index < -0.39 is 0 Å². The summed E-state index contributed by atoms with van der Waals surface area (Å²) in [7, 11) is 0. The van der Waals surface area contributed by atoms with Gasteiger partial charge in [-0.15, -0.1) is 0 Å². The topological polar surface area (TPSA) is 17.8 Å². The van der Waals surface area contributed by atoms with Gasteiger partial charge in [0.25, 0.3) is 0 Å². The van der Waals surface area contributed by atoms with Gasteiger partial charge in [0.1, 0.15) is 11.3 Å². The van der Waals surface area contributed by atoms with E-state index in [1.165, 1.54) is 0 Å². The van der Waals surface area contributed by atoms with Crippen LogP contribution in [0.4, 0.5) is 4.39 Å². The molecule has 0 amide bonds. The zero-order chi connectivity index (χ0) is 11.2. The molecule has 1 heterocycles. The van der Waals surface area contributed by atoms with Gasteiger partial charge < -0.3 is 4.57 Å². The van der Waals surface area contributed by atoms with Crippen LogP contribution < -0.4 is 0 Å². The van der Waals surface area contributed by atoms with Gasteiger partial charge in [-0.1, -0.05) is 0 Å². The minimum atomic E-state index is -0.282. The van der Waals surface area contributed by atoms with Gasteiger partial charge in [-0.3, -0.25) is 0 Å². The Morgan fingerprint density at radius 2 is 2.07 bits per heavy atom. The zero-order valence-corrected chi connectivity index (χ0v) is 10.5. The number of aryl methyl sites for hydroxylation is 1. The van der Waals surface area contributed by atoms with E-state index in [-0.39, 0.29) is 11.9 Å². The van der Waals surface area contributed by atoms with Crippen molar-refractivity contribution >= 4 is 27.0 Å². The lowest BCUT2D eigenvalue weighted by Crippen LogP contribution is -2.02. The maximum absolute atomic E-state index is 13.7. The largest absolute Gasteiger partial charge is 0.326 e. The summed E-state index contributed by atoms with van der Waals surface area (Å²) in [5.74, 6) is 0.562. The molecule has 4 heteroatoms. The van der Waals surface area contributed by atoms with Gasteiger partial charge in [-0.2, -0.15) is 0 Å². The molecule has 0 fully saturated rings. The van der Waals surface area contributed by atoms with Crippen molar-refractivity contribution in [1.82, 2.24) is 9.55 Å². The lowest BCUT2D eigenvalue weighted by atomic mass is 10.3. The monoisotopic (exact) mass is 270 g/mol. The number of aromatic nitrogens is 2. The minimum Gasteiger partial charge on any atom is -0.326 e. The third kappa shape index (κ3) is 1.57. The molecule has 2 rings (SSSR count). The molecule has 0 N–H and O–H groups in total. The first-order valence-electron chi connectivity index (χ1n) is 4.85. The number of rotatable bonds is 1. The van der Waals surface area contributed by atoms with Crippen molar-refractivity contribution in [2.24, 2.45) is 0 Å². The quantitative estimate of drug-likeness (QED) is 0.770. The van der Waals surface area contributed by atoms with E-state index >= 15 is 0 Å². The summed E-state index contributed by atoms with van der Waals surface area (Å²) >= 11 is 3.16. The highest BCUT2D eigenvalue weighted by atomic mass is 79.9. The van der Waals surface area contributed by atoms with Crippen LogP contribution in [0.3, 0.4) is 0 Å². The Hall–Kier alpha value is -0.900. The second kappa shape index (κ2) is 3.59. The van der Waals surface area contributed by atoms with Crippen LogP contribution in [0.15, 0.2) is 16.6 Å². The van der Waals surface area contributed by atoms with Crippen LogP contribution in [-0.4, -0.2) is 9.55 Å². The number of nitrogens with zero attached hydrogens (tertiary/aromatic N) is 2. The molecular formula is C11H12BrFN2. The van der Waals surface area contributed by atoms with Crippen molar-refractivity contribution in [2.75, 3.05) is 0 Å². The van der Waals surface area contributed by atoms with E-state index in [9.17, 15) is 4.39 Å². The molecule has 0 saturated heterocycles. The van der Waals surface area contributed by atoms with Gasteiger partial charge in [0.05, 0.1) is 9.99 Å². The third-order valence-electron chi connectivity index (χ3n) is 2.45. The van der Waals surface area contributed by atoms with Gasteiger partial charge in [-0.05, 0) is 48.8 Å². The highest BCUT2D eigenvalue weighted by molar-refractivity contribution is 9.10. The van der Waals surface area contributed by atoms with Crippen LogP contribution >= 0.6 is 15.9 Å². The van der Waals surface area contributed by atoms with Crippen molar-refractivity contribution in [3.63, 3.8) is 0 Å². The van der Waals surface area contributed by atoms with Crippen LogP contribution in [0.2, 0.25) is 0 Å². The Morgan fingerprint density at radius 1 is 1.40 bits per heavy atom. The molecule has 0 atom stereocenters. The molecule has 0 bridgehead atoms. The molecule has 0 saturated carbocycles. The maximum atomic E-state index is 13.7. The first kappa shape index (κ1) is 10.6. The van der Waals surface area contributed by atoms with Crippen molar-refractivity contribution in [3.8, 4) is 0 Å². The van der Waals surface area contributed by atoms with Gasteiger partial charge in [0, 0.05) is 6.04 Å². The molecule has 1 aromatic heterocycles. The lowest BCUT2D eigenvalue weighted by molar-refractivity contribution is 0.600. The molecular weight excluding hydrogens is 259 g/mol.